The van der Waals surface area contributed by atoms with Crippen molar-refractivity contribution in [3.05, 3.63) is 29.8 Å². The summed E-state index contributed by atoms with van der Waals surface area (Å²) >= 11 is 0.506. The summed E-state index contributed by atoms with van der Waals surface area (Å²) in [6.45, 7) is 3.18. The minimum atomic E-state index is -2.42. The summed E-state index contributed by atoms with van der Waals surface area (Å²) in [5, 5.41) is 8.80. The SMILES string of the molecule is CCCN(CC(=O)O)Cc1ccc(SC(F)F)cc1. The van der Waals surface area contributed by atoms with Crippen molar-refractivity contribution in [1.82, 2.24) is 4.90 Å². The summed E-state index contributed by atoms with van der Waals surface area (Å²) in [5.74, 6) is -3.28. The molecule has 0 saturated carbocycles. The van der Waals surface area contributed by atoms with Crippen LogP contribution in [-0.2, 0) is 11.3 Å². The Bertz CT molecular complexity index is 398. The highest BCUT2D eigenvalue weighted by atomic mass is 32.2. The maximum absolute atomic E-state index is 12.2. The molecule has 6 heteroatoms. The fourth-order valence-electron chi connectivity index (χ4n) is 1.76. The van der Waals surface area contributed by atoms with Gasteiger partial charge in [-0.1, -0.05) is 30.8 Å². The molecule has 0 amide bonds. The van der Waals surface area contributed by atoms with Gasteiger partial charge in [-0.3, -0.25) is 9.69 Å². The standard InChI is InChI=1S/C13H17F2NO2S/c1-2-7-16(9-12(17)18)8-10-3-5-11(6-4-10)19-13(14)15/h3-6,13H,2,7-9H2,1H3,(H,17,18). The number of aliphatic carboxylic acids is 1. The first-order chi connectivity index (χ1) is 9.01. The number of hydrogen-bond donors (Lipinski definition) is 1. The third kappa shape index (κ3) is 6.54. The zero-order valence-electron chi connectivity index (χ0n) is 10.7. The molecule has 0 aliphatic carbocycles. The number of hydrogen-bond acceptors (Lipinski definition) is 3. The molecule has 0 unspecified atom stereocenters. The van der Waals surface area contributed by atoms with Crippen molar-refractivity contribution in [3.8, 4) is 0 Å². The number of rotatable bonds is 8. The molecule has 1 rings (SSSR count). The number of alkyl halides is 2. The van der Waals surface area contributed by atoms with Gasteiger partial charge in [-0.15, -0.1) is 0 Å². The van der Waals surface area contributed by atoms with Crippen LogP contribution in [0.3, 0.4) is 0 Å². The van der Waals surface area contributed by atoms with Gasteiger partial charge in [0.2, 0.25) is 0 Å². The maximum atomic E-state index is 12.2. The predicted molar refractivity (Wildman–Crippen MR) is 71.5 cm³/mol. The molecule has 1 aromatic rings. The second-order valence-electron chi connectivity index (χ2n) is 4.13. The normalized spacial score (nSPS) is 11.2. The summed E-state index contributed by atoms with van der Waals surface area (Å²) in [5.41, 5.74) is 0.924. The number of halogens is 2. The van der Waals surface area contributed by atoms with Crippen LogP contribution in [0.2, 0.25) is 0 Å². The zero-order chi connectivity index (χ0) is 14.3. The Balaban J connectivity index is 2.61. The molecule has 0 aromatic heterocycles. The molecule has 1 N–H and O–H groups in total. The molecular formula is C13H17F2NO2S. The third-order valence-electron chi connectivity index (χ3n) is 2.45. The van der Waals surface area contributed by atoms with Gasteiger partial charge in [0.1, 0.15) is 0 Å². The van der Waals surface area contributed by atoms with Crippen molar-refractivity contribution in [2.45, 2.75) is 30.5 Å². The lowest BCUT2D eigenvalue weighted by Crippen LogP contribution is -2.30. The Kier molecular flexibility index (Phi) is 6.80. The average molecular weight is 289 g/mol. The highest BCUT2D eigenvalue weighted by Crippen LogP contribution is 2.25. The fraction of sp³-hybridized carbons (Fsp3) is 0.462. The van der Waals surface area contributed by atoms with Crippen molar-refractivity contribution in [2.75, 3.05) is 13.1 Å². The van der Waals surface area contributed by atoms with Crippen LogP contribution in [-0.4, -0.2) is 34.8 Å². The number of thioether (sulfide) groups is 1. The van der Waals surface area contributed by atoms with Gasteiger partial charge in [0.25, 0.3) is 5.76 Å². The molecule has 0 aliphatic heterocycles. The van der Waals surface area contributed by atoms with Crippen LogP contribution in [0.25, 0.3) is 0 Å². The number of benzene rings is 1. The van der Waals surface area contributed by atoms with Crippen LogP contribution in [0.5, 0.6) is 0 Å². The molecule has 106 valence electrons. The number of nitrogens with zero attached hydrogens (tertiary/aromatic N) is 1. The second kappa shape index (κ2) is 8.12. The van der Waals surface area contributed by atoms with Crippen molar-refractivity contribution in [1.29, 1.82) is 0 Å². The van der Waals surface area contributed by atoms with E-state index < -0.39 is 11.7 Å². The Labute approximate surface area is 115 Å². The van der Waals surface area contributed by atoms with Gasteiger partial charge in [-0.25, -0.2) is 0 Å². The lowest BCUT2D eigenvalue weighted by atomic mass is 10.2. The van der Waals surface area contributed by atoms with E-state index >= 15 is 0 Å². The van der Waals surface area contributed by atoms with Gasteiger partial charge >= 0.3 is 5.97 Å². The van der Waals surface area contributed by atoms with Gasteiger partial charge < -0.3 is 5.11 Å². The van der Waals surface area contributed by atoms with Crippen molar-refractivity contribution < 1.29 is 18.7 Å². The molecule has 0 aliphatic rings. The van der Waals surface area contributed by atoms with E-state index in [0.717, 1.165) is 12.0 Å². The van der Waals surface area contributed by atoms with Gasteiger partial charge in [0.15, 0.2) is 0 Å². The van der Waals surface area contributed by atoms with Crippen molar-refractivity contribution in [3.63, 3.8) is 0 Å². The van der Waals surface area contributed by atoms with Crippen LogP contribution in [0.4, 0.5) is 8.78 Å². The van der Waals surface area contributed by atoms with E-state index in [0.29, 0.717) is 29.7 Å². The molecule has 0 fully saturated rings. The molecule has 0 saturated heterocycles. The zero-order valence-corrected chi connectivity index (χ0v) is 11.5. The van der Waals surface area contributed by atoms with E-state index in [1.54, 1.807) is 24.3 Å². The summed E-state index contributed by atoms with van der Waals surface area (Å²) in [6, 6.07) is 6.79. The molecular weight excluding hydrogens is 272 g/mol. The molecule has 0 spiro atoms. The van der Waals surface area contributed by atoms with Gasteiger partial charge in [0.05, 0.1) is 6.54 Å². The number of carbonyl (C=O) groups is 1. The summed E-state index contributed by atoms with van der Waals surface area (Å²) in [4.78, 5) is 13.1. The van der Waals surface area contributed by atoms with E-state index in [-0.39, 0.29) is 6.54 Å². The van der Waals surface area contributed by atoms with E-state index in [4.69, 9.17) is 5.11 Å². The van der Waals surface area contributed by atoms with Crippen LogP contribution in [0.1, 0.15) is 18.9 Å². The minimum Gasteiger partial charge on any atom is -0.480 e. The first kappa shape index (κ1) is 15.9. The number of carboxylic acids is 1. The Morgan fingerprint density at radius 3 is 2.47 bits per heavy atom. The minimum absolute atomic E-state index is 0.0125. The van der Waals surface area contributed by atoms with Gasteiger partial charge in [-0.2, -0.15) is 8.78 Å². The number of carboxylic acid groups (broad SMARTS) is 1. The van der Waals surface area contributed by atoms with Crippen LogP contribution < -0.4 is 0 Å². The van der Waals surface area contributed by atoms with Crippen LogP contribution >= 0.6 is 11.8 Å². The molecule has 0 radical (unpaired) electrons. The lowest BCUT2D eigenvalue weighted by Gasteiger charge is -2.19. The van der Waals surface area contributed by atoms with Crippen LogP contribution in [0, 0.1) is 0 Å². The summed E-state index contributed by atoms with van der Waals surface area (Å²) in [7, 11) is 0. The smallest absolute Gasteiger partial charge is 0.317 e. The second-order valence-corrected chi connectivity index (χ2v) is 5.19. The quantitative estimate of drug-likeness (QED) is 0.745. The Morgan fingerprint density at radius 1 is 1.37 bits per heavy atom. The Morgan fingerprint density at radius 2 is 2.00 bits per heavy atom. The average Bonchev–Trinajstić information content (AvgIpc) is 2.30. The first-order valence-corrected chi connectivity index (χ1v) is 6.87. The molecule has 0 atom stereocenters. The predicted octanol–water partition coefficient (Wildman–Crippen LogP) is 3.30. The van der Waals surface area contributed by atoms with E-state index in [9.17, 15) is 13.6 Å². The van der Waals surface area contributed by atoms with Crippen LogP contribution in [0.15, 0.2) is 29.2 Å². The maximum Gasteiger partial charge on any atom is 0.317 e. The molecule has 19 heavy (non-hydrogen) atoms. The monoisotopic (exact) mass is 289 g/mol. The summed E-state index contributed by atoms with van der Waals surface area (Å²) < 4.78 is 24.3. The third-order valence-corrected chi connectivity index (χ3v) is 3.18. The van der Waals surface area contributed by atoms with E-state index in [2.05, 4.69) is 0 Å². The topological polar surface area (TPSA) is 40.5 Å². The van der Waals surface area contributed by atoms with E-state index in [1.807, 2.05) is 11.8 Å². The first-order valence-electron chi connectivity index (χ1n) is 5.99. The molecule has 0 heterocycles. The van der Waals surface area contributed by atoms with Gasteiger partial charge in [-0.05, 0) is 30.7 Å². The fourth-order valence-corrected chi connectivity index (χ4v) is 2.25. The van der Waals surface area contributed by atoms with Crippen molar-refractivity contribution in [2.24, 2.45) is 0 Å². The van der Waals surface area contributed by atoms with E-state index in [1.165, 1.54) is 0 Å². The summed E-state index contributed by atoms with van der Waals surface area (Å²) in [6.07, 6.45) is 0.868. The largest absolute Gasteiger partial charge is 0.480 e. The molecule has 1 aromatic carbocycles. The Hall–Kier alpha value is -1.14. The van der Waals surface area contributed by atoms with Crippen molar-refractivity contribution >= 4 is 17.7 Å². The molecule has 3 nitrogen and oxygen atoms in total. The highest BCUT2D eigenvalue weighted by Gasteiger charge is 2.10. The van der Waals surface area contributed by atoms with Gasteiger partial charge in [0, 0.05) is 11.4 Å². The molecule has 0 bridgehead atoms. The lowest BCUT2D eigenvalue weighted by molar-refractivity contribution is -0.138. The highest BCUT2D eigenvalue weighted by molar-refractivity contribution is 7.99.